The van der Waals surface area contributed by atoms with Crippen LogP contribution in [0, 0.1) is 0 Å². The Morgan fingerprint density at radius 1 is 1.59 bits per heavy atom. The lowest BCUT2D eigenvalue weighted by atomic mass is 10.0. The number of amides is 1. The number of rotatable bonds is 1. The average molecular weight is 244 g/mol. The summed E-state index contributed by atoms with van der Waals surface area (Å²) in [6.45, 7) is 5.53. The van der Waals surface area contributed by atoms with Crippen molar-refractivity contribution in [3.8, 4) is 0 Å². The van der Waals surface area contributed by atoms with Gasteiger partial charge in [0.2, 0.25) is 0 Å². The molecule has 1 aliphatic rings. The Morgan fingerprint density at radius 2 is 2.24 bits per heavy atom. The predicted molar refractivity (Wildman–Crippen MR) is 60.3 cm³/mol. The van der Waals surface area contributed by atoms with E-state index in [-0.39, 0.29) is 6.54 Å². The molecule has 7 heteroatoms. The van der Waals surface area contributed by atoms with Crippen LogP contribution in [0.1, 0.15) is 27.2 Å². The Balaban J connectivity index is 2.55. The summed E-state index contributed by atoms with van der Waals surface area (Å²) in [7, 11) is 0. The number of ether oxygens (including phenoxy) is 1. The van der Waals surface area contributed by atoms with Crippen LogP contribution in [0.25, 0.3) is 10.4 Å². The minimum absolute atomic E-state index is 0.0847. The van der Waals surface area contributed by atoms with Gasteiger partial charge in [-0.1, -0.05) is 5.11 Å². The molecule has 2 atom stereocenters. The van der Waals surface area contributed by atoms with E-state index in [1.54, 1.807) is 20.8 Å². The lowest BCUT2D eigenvalue weighted by Gasteiger charge is -2.33. The fourth-order valence-corrected chi connectivity index (χ4v) is 1.58. The Labute approximate surface area is 99.4 Å². The van der Waals surface area contributed by atoms with Gasteiger partial charge in [0.1, 0.15) is 11.8 Å². The number of halogens is 1. The molecule has 0 radical (unpaired) electrons. The zero-order chi connectivity index (χ0) is 13.1. The van der Waals surface area contributed by atoms with Crippen molar-refractivity contribution in [2.75, 3.05) is 13.1 Å². The molecule has 1 rings (SSSR count). The van der Waals surface area contributed by atoms with Crippen LogP contribution in [0.4, 0.5) is 9.18 Å². The van der Waals surface area contributed by atoms with Crippen molar-refractivity contribution in [3.63, 3.8) is 0 Å². The normalized spacial score (nSPS) is 25.1. The summed E-state index contributed by atoms with van der Waals surface area (Å²) in [6, 6.07) is -0.682. The number of hydrogen-bond donors (Lipinski definition) is 0. The molecule has 1 amide bonds. The highest BCUT2D eigenvalue weighted by Gasteiger charge is 2.32. The fraction of sp³-hybridized carbons (Fsp3) is 0.900. The highest BCUT2D eigenvalue weighted by molar-refractivity contribution is 5.68. The van der Waals surface area contributed by atoms with Gasteiger partial charge >= 0.3 is 6.09 Å². The van der Waals surface area contributed by atoms with Crippen LogP contribution < -0.4 is 0 Å². The lowest BCUT2D eigenvalue weighted by molar-refractivity contribution is 0.0116. The van der Waals surface area contributed by atoms with Gasteiger partial charge < -0.3 is 9.64 Å². The Morgan fingerprint density at radius 3 is 2.71 bits per heavy atom. The summed E-state index contributed by atoms with van der Waals surface area (Å²) in [5.41, 5.74) is 7.66. The van der Waals surface area contributed by atoms with Gasteiger partial charge in [-0.25, -0.2) is 9.18 Å². The smallest absolute Gasteiger partial charge is 0.410 e. The number of alkyl halides is 1. The van der Waals surface area contributed by atoms with E-state index in [0.29, 0.717) is 13.0 Å². The summed E-state index contributed by atoms with van der Waals surface area (Å²) >= 11 is 0. The van der Waals surface area contributed by atoms with Gasteiger partial charge in [-0.05, 0) is 32.7 Å². The molecule has 1 heterocycles. The predicted octanol–water partition coefficient (Wildman–Crippen LogP) is 2.64. The average Bonchev–Trinajstić information content (AvgIpc) is 2.18. The monoisotopic (exact) mass is 244 g/mol. The molecule has 0 spiro atoms. The maximum atomic E-state index is 13.6. The molecule has 0 saturated carbocycles. The molecule has 1 saturated heterocycles. The Hall–Kier alpha value is -1.49. The zero-order valence-electron chi connectivity index (χ0n) is 10.3. The number of azide groups is 1. The third-order valence-corrected chi connectivity index (χ3v) is 2.36. The van der Waals surface area contributed by atoms with E-state index in [1.807, 2.05) is 0 Å². The van der Waals surface area contributed by atoms with Gasteiger partial charge in [0.05, 0.1) is 12.6 Å². The molecule has 2 unspecified atom stereocenters. The summed E-state index contributed by atoms with van der Waals surface area (Å²) in [5, 5.41) is 3.36. The van der Waals surface area contributed by atoms with Crippen LogP contribution in [0.3, 0.4) is 0 Å². The summed E-state index contributed by atoms with van der Waals surface area (Å²) in [6.07, 6.45) is -1.53. The van der Waals surface area contributed by atoms with Crippen LogP contribution in [0.15, 0.2) is 5.11 Å². The fourth-order valence-electron chi connectivity index (χ4n) is 1.58. The van der Waals surface area contributed by atoms with Crippen LogP contribution in [0.5, 0.6) is 0 Å². The molecule has 1 aliphatic heterocycles. The number of hydrogen-bond acceptors (Lipinski definition) is 3. The molecule has 0 N–H and O–H groups in total. The molecule has 17 heavy (non-hydrogen) atoms. The van der Waals surface area contributed by atoms with Gasteiger partial charge in [0.15, 0.2) is 0 Å². The van der Waals surface area contributed by atoms with Crippen molar-refractivity contribution >= 4 is 6.09 Å². The first-order chi connectivity index (χ1) is 7.83. The summed E-state index contributed by atoms with van der Waals surface area (Å²) in [4.78, 5) is 15.6. The minimum atomic E-state index is -1.33. The van der Waals surface area contributed by atoms with Crippen molar-refractivity contribution in [2.45, 2.75) is 45.0 Å². The van der Waals surface area contributed by atoms with E-state index >= 15 is 0 Å². The number of likely N-dealkylation sites (tertiary alicyclic amines) is 1. The van der Waals surface area contributed by atoms with Gasteiger partial charge in [-0.15, -0.1) is 0 Å². The second-order valence-corrected chi connectivity index (χ2v) is 5.00. The van der Waals surface area contributed by atoms with E-state index in [0.717, 1.165) is 0 Å². The van der Waals surface area contributed by atoms with Gasteiger partial charge in [0.25, 0.3) is 0 Å². The van der Waals surface area contributed by atoms with Crippen LogP contribution in [-0.2, 0) is 4.74 Å². The molecular formula is C10H17FN4O2. The first-order valence-electron chi connectivity index (χ1n) is 5.49. The van der Waals surface area contributed by atoms with E-state index in [2.05, 4.69) is 10.0 Å². The maximum Gasteiger partial charge on any atom is 0.410 e. The van der Waals surface area contributed by atoms with E-state index in [1.165, 1.54) is 4.90 Å². The van der Waals surface area contributed by atoms with Crippen molar-refractivity contribution in [2.24, 2.45) is 5.11 Å². The number of nitrogens with zero attached hydrogens (tertiary/aromatic N) is 4. The van der Waals surface area contributed by atoms with Crippen molar-refractivity contribution in [3.05, 3.63) is 10.4 Å². The number of piperidine rings is 1. The lowest BCUT2D eigenvalue weighted by Crippen LogP contribution is -2.48. The molecule has 96 valence electrons. The minimum Gasteiger partial charge on any atom is -0.444 e. The number of carbonyl (C=O) groups is 1. The topological polar surface area (TPSA) is 78.3 Å². The van der Waals surface area contributed by atoms with E-state index in [9.17, 15) is 9.18 Å². The first-order valence-corrected chi connectivity index (χ1v) is 5.49. The molecule has 0 bridgehead atoms. The Bertz CT molecular complexity index is 336. The number of carbonyl (C=O) groups excluding carboxylic acids is 1. The SMILES string of the molecule is CC(C)(C)OC(=O)N1CCC(N=[N+]=[N-])C(F)C1. The third-order valence-electron chi connectivity index (χ3n) is 2.36. The first kappa shape index (κ1) is 13.6. The largest absolute Gasteiger partial charge is 0.444 e. The van der Waals surface area contributed by atoms with Gasteiger partial charge in [0, 0.05) is 11.5 Å². The van der Waals surface area contributed by atoms with Gasteiger partial charge in [-0.2, -0.15) is 0 Å². The standard InChI is InChI=1S/C10H17FN4O2/c1-10(2,3)17-9(16)15-5-4-8(13-14-12)7(11)6-15/h7-8H,4-6H2,1-3H3. The summed E-state index contributed by atoms with van der Waals surface area (Å²) < 4.78 is 18.7. The third kappa shape index (κ3) is 4.11. The quantitative estimate of drug-likeness (QED) is 0.404. The van der Waals surface area contributed by atoms with E-state index < -0.39 is 23.9 Å². The summed E-state index contributed by atoms with van der Waals surface area (Å²) in [5.74, 6) is 0. The molecule has 0 aliphatic carbocycles. The maximum absolute atomic E-state index is 13.6. The molecule has 1 fully saturated rings. The Kier molecular flexibility index (Phi) is 4.17. The molecule has 0 aromatic carbocycles. The second-order valence-electron chi connectivity index (χ2n) is 5.00. The molecule has 0 aromatic heterocycles. The molecular weight excluding hydrogens is 227 g/mol. The van der Waals surface area contributed by atoms with Crippen molar-refractivity contribution in [1.82, 2.24) is 4.90 Å². The van der Waals surface area contributed by atoms with E-state index in [4.69, 9.17) is 10.3 Å². The van der Waals surface area contributed by atoms with Crippen LogP contribution in [-0.4, -0.2) is 41.9 Å². The second kappa shape index (κ2) is 5.23. The molecule has 0 aromatic rings. The van der Waals surface area contributed by atoms with Gasteiger partial charge in [-0.3, -0.25) is 0 Å². The van der Waals surface area contributed by atoms with Crippen LogP contribution in [0.2, 0.25) is 0 Å². The van der Waals surface area contributed by atoms with Crippen LogP contribution >= 0.6 is 0 Å². The van der Waals surface area contributed by atoms with Crippen molar-refractivity contribution < 1.29 is 13.9 Å². The highest BCUT2D eigenvalue weighted by atomic mass is 19.1. The highest BCUT2D eigenvalue weighted by Crippen LogP contribution is 2.19. The molecule has 6 nitrogen and oxygen atoms in total. The zero-order valence-corrected chi connectivity index (χ0v) is 10.3. The van der Waals surface area contributed by atoms with Crippen molar-refractivity contribution in [1.29, 1.82) is 0 Å².